The molecule has 0 fully saturated rings. The number of phosphoric ester groups is 1. The molecule has 0 spiro atoms. The van der Waals surface area contributed by atoms with E-state index in [1.165, 1.54) is 0 Å². The average molecular weight is 908 g/mol. The standard InChI is InChI=1S/C17H8F29O5P.2H3N/c18-4(19,1-3(47)2-51-52(48,49)50)5(20,21)6(22,23)7(24,25)8(26,27)9(28,29)10(30,31)11(32,33)12(34,35)13(36,37)14(38,39)15(40,41)16(42,43)17(44,45)46;;/h3,47H,1-2H2,(H2,48,49,50);2*1H3. The molecule has 0 radical (unpaired) electrons. The summed E-state index contributed by atoms with van der Waals surface area (Å²) in [7, 11) is -5.94. The molecule has 0 aliphatic carbocycles. The van der Waals surface area contributed by atoms with Gasteiger partial charge in [-0.3, -0.25) is 4.52 Å². The average Bonchev–Trinajstić information content (AvgIpc) is 2.89. The molecular weight excluding hydrogens is 894 g/mol. The molecule has 0 aromatic carbocycles. The maximum Gasteiger partial charge on any atom is 0.469 e. The van der Waals surface area contributed by atoms with Crippen molar-refractivity contribution in [3.8, 4) is 0 Å². The largest absolute Gasteiger partial charge is 0.469 e. The Bertz CT molecular complexity index is 1340. The summed E-state index contributed by atoms with van der Waals surface area (Å²) in [6.45, 7) is -2.43. The van der Waals surface area contributed by atoms with Crippen LogP contribution in [0.25, 0.3) is 0 Å². The van der Waals surface area contributed by atoms with Crippen molar-refractivity contribution < 1.29 is 151 Å². The second kappa shape index (κ2) is 14.4. The van der Waals surface area contributed by atoms with E-state index in [1.54, 1.807) is 0 Å². The summed E-state index contributed by atoms with van der Waals surface area (Å²) in [6.07, 6.45) is -15.8. The minimum atomic E-state index is -10.0. The van der Waals surface area contributed by atoms with E-state index in [9.17, 15) is 132 Å². The van der Waals surface area contributed by atoms with E-state index in [0.29, 0.717) is 0 Å². The maximum atomic E-state index is 13.9. The second-order valence-corrected chi connectivity index (χ2v) is 11.0. The lowest BCUT2D eigenvalue weighted by Crippen LogP contribution is -2.79. The summed E-state index contributed by atoms with van der Waals surface area (Å²) in [5, 5.41) is 8.90. The van der Waals surface area contributed by atoms with Crippen molar-refractivity contribution in [1.29, 1.82) is 0 Å². The van der Waals surface area contributed by atoms with E-state index >= 15 is 0 Å². The Morgan fingerprint density at radius 2 is 0.574 bits per heavy atom. The van der Waals surface area contributed by atoms with Crippen molar-refractivity contribution in [2.75, 3.05) is 6.61 Å². The van der Waals surface area contributed by atoms with Crippen LogP contribution in [0.2, 0.25) is 0 Å². The molecule has 1 unspecified atom stereocenters. The molecule has 0 aliphatic heterocycles. The van der Waals surface area contributed by atoms with Gasteiger partial charge in [-0.05, 0) is 0 Å². The third-order valence-electron chi connectivity index (χ3n) is 6.08. The van der Waals surface area contributed by atoms with Crippen LogP contribution in [0.15, 0.2) is 0 Å². The molecule has 0 heterocycles. The highest BCUT2D eigenvalue weighted by Crippen LogP contribution is 2.69. The quantitative estimate of drug-likeness (QED) is 0.0721. The number of phosphoric acid groups is 1. The Morgan fingerprint density at radius 3 is 0.759 bits per heavy atom. The number of aliphatic hydroxyl groups excluding tert-OH is 1. The Balaban J connectivity index is -0.0000130. The Hall–Kier alpha value is -2.04. The molecule has 0 amide bonds. The zero-order valence-electron chi connectivity index (χ0n) is 24.0. The van der Waals surface area contributed by atoms with Crippen LogP contribution in [0.5, 0.6) is 0 Å². The summed E-state index contributed by atoms with van der Waals surface area (Å²) in [5.41, 5.74) is 0. The smallest absolute Gasteiger partial charge is 0.390 e. The van der Waals surface area contributed by atoms with Gasteiger partial charge in [-0.2, -0.15) is 127 Å². The SMILES string of the molecule is N.N.O=P(O)(O)OCC(O)CC(F)(F)C(F)(F)C(F)(F)C(F)(F)C(F)(F)C(F)(F)C(F)(F)C(F)(F)C(F)(F)C(F)(F)C(F)(F)C(F)(F)C(F)(F)C(F)(F)F. The highest BCUT2D eigenvalue weighted by molar-refractivity contribution is 7.46. The number of hydrogen-bond acceptors (Lipinski definition) is 5. The molecule has 0 saturated carbocycles. The first kappa shape index (κ1) is 56.3. The number of rotatable bonds is 17. The van der Waals surface area contributed by atoms with E-state index in [0.717, 1.165) is 0 Å². The molecule has 37 heteroatoms. The first-order valence-corrected chi connectivity index (χ1v) is 12.7. The van der Waals surface area contributed by atoms with Crippen molar-refractivity contribution in [2.45, 2.75) is 95.7 Å². The van der Waals surface area contributed by atoms with Gasteiger partial charge >= 0.3 is 91.0 Å². The fourth-order valence-electron chi connectivity index (χ4n) is 3.05. The minimum Gasteiger partial charge on any atom is -0.390 e. The van der Waals surface area contributed by atoms with E-state index in [2.05, 4.69) is 4.52 Å². The number of halogens is 29. The van der Waals surface area contributed by atoms with Crippen LogP contribution < -0.4 is 12.3 Å². The van der Waals surface area contributed by atoms with Gasteiger partial charge < -0.3 is 27.2 Å². The Morgan fingerprint density at radius 1 is 0.389 bits per heavy atom. The first-order chi connectivity index (χ1) is 21.9. The zero-order valence-corrected chi connectivity index (χ0v) is 24.9. The van der Waals surface area contributed by atoms with Gasteiger partial charge in [0.05, 0.1) is 12.7 Å². The van der Waals surface area contributed by atoms with E-state index in [4.69, 9.17) is 14.9 Å². The molecule has 0 rings (SSSR count). The highest BCUT2D eigenvalue weighted by atomic mass is 31.2. The number of alkyl halides is 29. The molecule has 0 aromatic rings. The zero-order chi connectivity index (χ0) is 43.2. The van der Waals surface area contributed by atoms with Gasteiger partial charge in [0, 0.05) is 6.42 Å². The molecule has 330 valence electrons. The summed E-state index contributed by atoms with van der Waals surface area (Å²) in [5.74, 6) is -122. The molecule has 0 bridgehead atoms. The van der Waals surface area contributed by atoms with Crippen LogP contribution in [0.3, 0.4) is 0 Å². The fraction of sp³-hybridized carbons (Fsp3) is 1.00. The monoisotopic (exact) mass is 908 g/mol. The van der Waals surface area contributed by atoms with Gasteiger partial charge in [0.1, 0.15) is 0 Å². The lowest BCUT2D eigenvalue weighted by molar-refractivity contribution is -0.487. The van der Waals surface area contributed by atoms with Gasteiger partial charge in [-0.15, -0.1) is 0 Å². The van der Waals surface area contributed by atoms with Crippen molar-refractivity contribution in [1.82, 2.24) is 12.3 Å². The lowest BCUT2D eigenvalue weighted by atomic mass is 9.83. The van der Waals surface area contributed by atoms with Crippen LogP contribution in [-0.4, -0.2) is 111 Å². The van der Waals surface area contributed by atoms with Gasteiger partial charge in [0.2, 0.25) is 0 Å². The summed E-state index contributed by atoms with van der Waals surface area (Å²) in [4.78, 5) is 16.4. The van der Waals surface area contributed by atoms with Gasteiger partial charge in [-0.25, -0.2) is 4.57 Å². The molecule has 0 aliphatic rings. The third kappa shape index (κ3) is 7.55. The van der Waals surface area contributed by atoms with Gasteiger partial charge in [-0.1, -0.05) is 0 Å². The van der Waals surface area contributed by atoms with Crippen LogP contribution in [0, 0.1) is 0 Å². The van der Waals surface area contributed by atoms with E-state index in [1.807, 2.05) is 0 Å². The number of aliphatic hydroxyl groups is 1. The van der Waals surface area contributed by atoms with Crippen molar-refractivity contribution in [3.63, 3.8) is 0 Å². The maximum absolute atomic E-state index is 13.9. The van der Waals surface area contributed by atoms with Crippen molar-refractivity contribution in [2.24, 2.45) is 0 Å². The molecule has 7 nitrogen and oxygen atoms in total. The number of hydrogen-bond donors (Lipinski definition) is 5. The van der Waals surface area contributed by atoms with Gasteiger partial charge in [0.25, 0.3) is 0 Å². The predicted molar refractivity (Wildman–Crippen MR) is 109 cm³/mol. The van der Waals surface area contributed by atoms with Gasteiger partial charge in [0.15, 0.2) is 0 Å². The predicted octanol–water partition coefficient (Wildman–Crippen LogP) is 8.99. The topological polar surface area (TPSA) is 157 Å². The minimum absolute atomic E-state index is 0. The lowest BCUT2D eigenvalue weighted by Gasteiger charge is -2.46. The normalized spacial score (nSPS) is 16.8. The fourth-order valence-corrected chi connectivity index (χ4v) is 3.41. The van der Waals surface area contributed by atoms with Crippen molar-refractivity contribution in [3.05, 3.63) is 0 Å². The highest BCUT2D eigenvalue weighted by Gasteiger charge is 3.00. The Labute approximate surface area is 275 Å². The summed E-state index contributed by atoms with van der Waals surface area (Å²) < 4.78 is 404. The molecule has 1 atom stereocenters. The van der Waals surface area contributed by atoms with E-state index in [-0.39, 0.29) is 12.3 Å². The first-order valence-electron chi connectivity index (χ1n) is 11.2. The van der Waals surface area contributed by atoms with E-state index < -0.39 is 110 Å². The molecule has 0 aromatic heterocycles. The Kier molecular flexibility index (Phi) is 15.0. The third-order valence-corrected chi connectivity index (χ3v) is 6.57. The van der Waals surface area contributed by atoms with Crippen molar-refractivity contribution >= 4 is 7.82 Å². The van der Waals surface area contributed by atoms with Crippen LogP contribution >= 0.6 is 7.82 Å². The molecule has 9 N–H and O–H groups in total. The second-order valence-electron chi connectivity index (χ2n) is 9.74. The summed E-state index contributed by atoms with van der Waals surface area (Å²) >= 11 is 0. The van der Waals surface area contributed by atoms with Crippen LogP contribution in [-0.2, 0) is 9.09 Å². The van der Waals surface area contributed by atoms with Crippen LogP contribution in [0.1, 0.15) is 6.42 Å². The molecule has 54 heavy (non-hydrogen) atoms. The molecule has 0 saturated heterocycles. The van der Waals surface area contributed by atoms with Crippen LogP contribution in [0.4, 0.5) is 127 Å². The molecular formula is C17H14F29N2O5P. The summed E-state index contributed by atoms with van der Waals surface area (Å²) in [6, 6.07) is 0.